The molecule has 0 aliphatic carbocycles. The van der Waals surface area contributed by atoms with Crippen molar-refractivity contribution in [1.82, 2.24) is 10.2 Å². The summed E-state index contributed by atoms with van der Waals surface area (Å²) < 4.78 is 27.9. The Balaban J connectivity index is 1.79. The van der Waals surface area contributed by atoms with Crippen molar-refractivity contribution in [3.8, 4) is 0 Å². The molecule has 0 saturated heterocycles. The molecule has 0 bridgehead atoms. The Bertz CT molecular complexity index is 848. The number of hydrogen-bond donors (Lipinski definition) is 1. The van der Waals surface area contributed by atoms with Crippen LogP contribution in [0.2, 0.25) is 0 Å². The van der Waals surface area contributed by atoms with Gasteiger partial charge in [-0.25, -0.2) is 8.42 Å². The topological polar surface area (TPSA) is 72.0 Å². The summed E-state index contributed by atoms with van der Waals surface area (Å²) in [5.74, 6) is 0.439. The summed E-state index contributed by atoms with van der Waals surface area (Å²) in [4.78, 5) is 0.265. The molecular weight excluding hydrogens is 426 g/mol. The number of nitrogens with zero attached hydrogens (tertiary/aromatic N) is 2. The fraction of sp³-hybridized carbons (Fsp3) is 0.667. The summed E-state index contributed by atoms with van der Waals surface area (Å²) in [6, 6.07) is 7.27. The van der Waals surface area contributed by atoms with Gasteiger partial charge in [-0.2, -0.15) is 0 Å². The van der Waals surface area contributed by atoms with E-state index in [1.807, 2.05) is 12.1 Å². The Labute approximate surface area is 193 Å². The lowest BCUT2D eigenvalue weighted by molar-refractivity contribution is 0.543. The molecule has 0 aliphatic heterocycles. The molecule has 1 aromatic heterocycles. The van der Waals surface area contributed by atoms with E-state index < -0.39 is 10.0 Å². The molecule has 5 nitrogen and oxygen atoms in total. The number of sulfonamides is 1. The van der Waals surface area contributed by atoms with Crippen molar-refractivity contribution < 1.29 is 8.42 Å². The minimum absolute atomic E-state index is 0.265. The van der Waals surface area contributed by atoms with Crippen LogP contribution in [0.4, 0.5) is 5.13 Å². The zero-order valence-corrected chi connectivity index (χ0v) is 21.0. The van der Waals surface area contributed by atoms with Crippen LogP contribution >= 0.6 is 11.3 Å². The summed E-state index contributed by atoms with van der Waals surface area (Å²) >= 11 is 1.31. The highest BCUT2D eigenvalue weighted by Crippen LogP contribution is 2.25. The highest BCUT2D eigenvalue weighted by atomic mass is 32.2. The van der Waals surface area contributed by atoms with Crippen LogP contribution in [-0.4, -0.2) is 18.6 Å². The molecule has 7 heteroatoms. The maximum absolute atomic E-state index is 12.7. The Morgan fingerprint density at radius 1 is 0.871 bits per heavy atom. The minimum Gasteiger partial charge on any atom is -0.253 e. The van der Waals surface area contributed by atoms with Crippen molar-refractivity contribution in [2.75, 3.05) is 4.72 Å². The third-order valence-corrected chi connectivity index (χ3v) is 8.07. The van der Waals surface area contributed by atoms with Gasteiger partial charge in [0.2, 0.25) is 5.13 Å². The maximum atomic E-state index is 12.7. The van der Waals surface area contributed by atoms with Gasteiger partial charge in [-0.1, -0.05) is 102 Å². The second kappa shape index (κ2) is 13.8. The predicted octanol–water partition coefficient (Wildman–Crippen LogP) is 7.32. The van der Waals surface area contributed by atoms with Crippen molar-refractivity contribution in [3.63, 3.8) is 0 Å². The summed E-state index contributed by atoms with van der Waals surface area (Å²) in [5, 5.41) is 9.24. The molecule has 1 atom stereocenters. The lowest BCUT2D eigenvalue weighted by Gasteiger charge is -2.13. The molecule has 2 aromatic rings. The zero-order chi connectivity index (χ0) is 22.5. The second-order valence-electron chi connectivity index (χ2n) is 8.44. The van der Waals surface area contributed by atoms with Crippen molar-refractivity contribution in [2.45, 2.75) is 109 Å². The van der Waals surface area contributed by atoms with Gasteiger partial charge in [0.05, 0.1) is 4.90 Å². The molecule has 0 amide bonds. The normalized spacial score (nSPS) is 12.7. The average molecular weight is 466 g/mol. The monoisotopic (exact) mass is 465 g/mol. The minimum atomic E-state index is -3.64. The van der Waals surface area contributed by atoms with Crippen molar-refractivity contribution in [2.24, 2.45) is 0 Å². The number of aryl methyl sites for hydroxylation is 1. The third kappa shape index (κ3) is 9.27. The van der Waals surface area contributed by atoms with Crippen LogP contribution in [0.15, 0.2) is 29.2 Å². The van der Waals surface area contributed by atoms with E-state index in [-0.39, 0.29) is 4.90 Å². The summed E-state index contributed by atoms with van der Waals surface area (Å²) in [6.45, 7) is 6.59. The summed E-state index contributed by atoms with van der Waals surface area (Å²) in [5.41, 5.74) is 1.19. The van der Waals surface area contributed by atoms with Gasteiger partial charge in [0.15, 0.2) is 0 Å². The first kappa shape index (κ1) is 25.8. The van der Waals surface area contributed by atoms with Gasteiger partial charge in [0.1, 0.15) is 5.01 Å². The van der Waals surface area contributed by atoms with E-state index >= 15 is 0 Å². The highest BCUT2D eigenvalue weighted by molar-refractivity contribution is 7.93. The summed E-state index contributed by atoms with van der Waals surface area (Å²) in [6.07, 6.45) is 14.7. The molecule has 2 rings (SSSR count). The Morgan fingerprint density at radius 2 is 1.48 bits per heavy atom. The highest BCUT2D eigenvalue weighted by Gasteiger charge is 2.17. The zero-order valence-electron chi connectivity index (χ0n) is 19.4. The van der Waals surface area contributed by atoms with Gasteiger partial charge in [-0.3, -0.25) is 4.72 Å². The van der Waals surface area contributed by atoms with Crippen molar-refractivity contribution in [3.05, 3.63) is 34.8 Å². The van der Waals surface area contributed by atoms with Gasteiger partial charge in [-0.05, 0) is 36.5 Å². The molecule has 0 saturated carbocycles. The molecule has 1 heterocycles. The SMILES string of the molecule is CCCCCCCCCCC(C)c1ccc(S(=O)(=O)Nc2nnc(CCCC)s2)cc1. The van der Waals surface area contributed by atoms with Crippen LogP contribution in [-0.2, 0) is 16.4 Å². The molecule has 1 N–H and O–H groups in total. The smallest absolute Gasteiger partial charge is 0.253 e. The second-order valence-corrected chi connectivity index (χ2v) is 11.2. The third-order valence-electron chi connectivity index (χ3n) is 5.68. The van der Waals surface area contributed by atoms with Gasteiger partial charge < -0.3 is 0 Å². The van der Waals surface area contributed by atoms with Crippen molar-refractivity contribution in [1.29, 1.82) is 0 Å². The quantitative estimate of drug-likeness (QED) is 0.264. The number of aromatic nitrogens is 2. The average Bonchev–Trinajstić information content (AvgIpc) is 3.20. The molecule has 174 valence electrons. The van der Waals surface area contributed by atoms with E-state index in [0.717, 1.165) is 30.7 Å². The molecule has 1 aromatic carbocycles. The Morgan fingerprint density at radius 3 is 2.13 bits per heavy atom. The molecule has 31 heavy (non-hydrogen) atoms. The molecular formula is C24H39N3O2S2. The van der Waals surface area contributed by atoms with E-state index in [2.05, 4.69) is 35.7 Å². The maximum Gasteiger partial charge on any atom is 0.263 e. The fourth-order valence-electron chi connectivity index (χ4n) is 3.62. The van der Waals surface area contributed by atoms with Gasteiger partial charge in [-0.15, -0.1) is 10.2 Å². The van der Waals surface area contributed by atoms with E-state index in [1.165, 1.54) is 68.3 Å². The van der Waals surface area contributed by atoms with E-state index in [1.54, 1.807) is 12.1 Å². The number of anilines is 1. The van der Waals surface area contributed by atoms with Crippen LogP contribution < -0.4 is 4.72 Å². The lowest BCUT2D eigenvalue weighted by atomic mass is 9.95. The molecule has 0 fully saturated rings. The van der Waals surface area contributed by atoms with Crippen LogP contribution in [0.5, 0.6) is 0 Å². The van der Waals surface area contributed by atoms with Crippen LogP contribution in [0, 0.1) is 0 Å². The molecule has 0 aliphatic rings. The van der Waals surface area contributed by atoms with Gasteiger partial charge in [0, 0.05) is 6.42 Å². The number of hydrogen-bond acceptors (Lipinski definition) is 5. The van der Waals surface area contributed by atoms with E-state index in [0.29, 0.717) is 11.0 Å². The number of benzene rings is 1. The number of rotatable bonds is 16. The first-order chi connectivity index (χ1) is 15.0. The predicted molar refractivity (Wildman–Crippen MR) is 131 cm³/mol. The largest absolute Gasteiger partial charge is 0.263 e. The van der Waals surface area contributed by atoms with E-state index in [9.17, 15) is 8.42 Å². The van der Waals surface area contributed by atoms with E-state index in [4.69, 9.17) is 0 Å². The van der Waals surface area contributed by atoms with Crippen LogP contribution in [0.3, 0.4) is 0 Å². The Hall–Kier alpha value is -1.47. The van der Waals surface area contributed by atoms with Crippen LogP contribution in [0.25, 0.3) is 0 Å². The molecule has 0 spiro atoms. The first-order valence-electron chi connectivity index (χ1n) is 11.9. The molecule has 1 unspecified atom stereocenters. The van der Waals surface area contributed by atoms with Gasteiger partial charge >= 0.3 is 0 Å². The van der Waals surface area contributed by atoms with Crippen molar-refractivity contribution >= 4 is 26.5 Å². The lowest BCUT2D eigenvalue weighted by Crippen LogP contribution is -2.12. The fourth-order valence-corrected chi connectivity index (χ4v) is 5.64. The Kier molecular flexibility index (Phi) is 11.5. The first-order valence-corrected chi connectivity index (χ1v) is 14.2. The molecule has 0 radical (unpaired) electrons. The standard InChI is InChI=1S/C24H39N3O2S2/c1-4-6-8-9-10-11-12-13-14-20(3)21-16-18-22(19-17-21)31(28,29)27-24-26-25-23(30-24)15-7-5-2/h16-20H,4-15H2,1-3H3,(H,26,27). The summed E-state index contributed by atoms with van der Waals surface area (Å²) in [7, 11) is -3.64. The number of unbranched alkanes of at least 4 members (excludes halogenated alkanes) is 8. The van der Waals surface area contributed by atoms with Gasteiger partial charge in [0.25, 0.3) is 10.0 Å². The van der Waals surface area contributed by atoms with Crippen LogP contribution in [0.1, 0.15) is 108 Å². The number of nitrogens with one attached hydrogen (secondary N) is 1.